The fraction of sp³-hybridized carbons (Fsp3) is 0.385. The number of piperazine rings is 2. The summed E-state index contributed by atoms with van der Waals surface area (Å²) in [5.74, 6) is -1.14. The quantitative estimate of drug-likeness (QED) is 0.551. The van der Waals surface area contributed by atoms with Crippen molar-refractivity contribution in [2.75, 3.05) is 52.4 Å². The minimum atomic E-state index is -0.568. The Hall–Kier alpha value is -3.04. The van der Waals surface area contributed by atoms with Gasteiger partial charge in [-0.25, -0.2) is 9.59 Å². The molecule has 0 unspecified atom stereocenters. The van der Waals surface area contributed by atoms with Gasteiger partial charge in [0.25, 0.3) is 0 Å². The van der Waals surface area contributed by atoms with Crippen LogP contribution in [-0.2, 0) is 32.4 Å². The van der Waals surface area contributed by atoms with E-state index in [1.165, 1.54) is 11.1 Å². The fourth-order valence-electron chi connectivity index (χ4n) is 4.09. The largest absolute Gasteiger partial charge is 0.364 e. The fourth-order valence-corrected chi connectivity index (χ4v) is 4.09. The molecule has 0 aliphatic carbocycles. The molecule has 0 atom stereocenters. The number of hydrogen-bond acceptors (Lipinski definition) is 8. The summed E-state index contributed by atoms with van der Waals surface area (Å²) >= 11 is 0. The molecule has 2 heterocycles. The Kier molecular flexibility index (Phi) is 8.81. The Bertz CT molecular complexity index is 860. The van der Waals surface area contributed by atoms with E-state index in [1.54, 1.807) is 10.1 Å². The van der Waals surface area contributed by atoms with E-state index in [0.29, 0.717) is 26.2 Å². The highest BCUT2D eigenvalue weighted by Crippen LogP contribution is 2.10. The third-order valence-electron chi connectivity index (χ3n) is 5.95. The van der Waals surface area contributed by atoms with Crippen LogP contribution in [0, 0.1) is 0 Å². The molecule has 0 amide bonds. The Balaban J connectivity index is 1.11. The van der Waals surface area contributed by atoms with Crippen LogP contribution in [-0.4, -0.2) is 84.2 Å². The first-order chi connectivity index (χ1) is 16.6. The summed E-state index contributed by atoms with van der Waals surface area (Å²) in [6, 6.07) is 20.6. The van der Waals surface area contributed by atoms with Crippen molar-refractivity contribution in [3.63, 3.8) is 0 Å². The van der Waals surface area contributed by atoms with Crippen LogP contribution in [0.1, 0.15) is 11.1 Å². The van der Waals surface area contributed by atoms with Crippen LogP contribution in [0.4, 0.5) is 0 Å². The summed E-state index contributed by atoms with van der Waals surface area (Å²) < 4.78 is 0. The molecular weight excluding hydrogens is 432 g/mol. The maximum Gasteiger partial charge on any atom is 0.349 e. The van der Waals surface area contributed by atoms with Gasteiger partial charge in [0, 0.05) is 77.6 Å². The van der Waals surface area contributed by atoms with Gasteiger partial charge in [0.05, 0.1) is 0 Å². The molecule has 180 valence electrons. The normalized spacial score (nSPS) is 18.7. The number of hydrogen-bond donors (Lipinski definition) is 0. The molecule has 0 radical (unpaired) electrons. The van der Waals surface area contributed by atoms with E-state index in [-0.39, 0.29) is 0 Å². The summed E-state index contributed by atoms with van der Waals surface area (Å²) in [4.78, 5) is 39.6. The first-order valence-corrected chi connectivity index (χ1v) is 11.8. The van der Waals surface area contributed by atoms with E-state index >= 15 is 0 Å². The summed E-state index contributed by atoms with van der Waals surface area (Å²) in [6.45, 7) is 7.52. The summed E-state index contributed by atoms with van der Waals surface area (Å²) in [5, 5.41) is 3.29. The van der Waals surface area contributed by atoms with Gasteiger partial charge in [-0.05, 0) is 11.1 Å². The van der Waals surface area contributed by atoms with Gasteiger partial charge in [-0.2, -0.15) is 0 Å². The number of carbonyl (C=O) groups is 2. The van der Waals surface area contributed by atoms with Gasteiger partial charge in [-0.1, -0.05) is 60.7 Å². The van der Waals surface area contributed by atoms with Crippen molar-refractivity contribution in [3.05, 3.63) is 83.9 Å². The Morgan fingerprint density at radius 3 is 1.29 bits per heavy atom. The second-order valence-corrected chi connectivity index (χ2v) is 8.54. The Morgan fingerprint density at radius 1 is 0.588 bits per heavy atom. The monoisotopic (exact) mass is 464 g/mol. The maximum atomic E-state index is 12.1. The zero-order chi connectivity index (χ0) is 23.6. The molecule has 4 rings (SSSR count). The number of carbonyl (C=O) groups excluding carboxylic acids is 2. The highest BCUT2D eigenvalue weighted by molar-refractivity contribution is 5.91. The molecule has 2 aliphatic heterocycles. The Morgan fingerprint density at radius 2 is 0.941 bits per heavy atom. The van der Waals surface area contributed by atoms with Gasteiger partial charge in [0.15, 0.2) is 0 Å². The standard InChI is InChI=1S/C26H32N4O4/c31-25(33-29-17-13-27(14-18-29)21-23-7-3-1-4-8-23)11-12-26(32)34-30-19-15-28(16-20-30)22-24-9-5-2-6-10-24/h1-12H,13-22H2/b12-11+. The molecule has 0 saturated carbocycles. The first kappa shape index (κ1) is 24.1. The highest BCUT2D eigenvalue weighted by Gasteiger charge is 2.21. The van der Waals surface area contributed by atoms with Gasteiger partial charge in [0.2, 0.25) is 0 Å². The number of rotatable bonds is 8. The van der Waals surface area contributed by atoms with Crippen LogP contribution in [0.5, 0.6) is 0 Å². The van der Waals surface area contributed by atoms with Crippen LogP contribution in [0.3, 0.4) is 0 Å². The lowest BCUT2D eigenvalue weighted by Gasteiger charge is -2.33. The lowest BCUT2D eigenvalue weighted by Crippen LogP contribution is -2.46. The predicted octanol–water partition coefficient (Wildman–Crippen LogP) is 2.09. The predicted molar refractivity (Wildman–Crippen MR) is 128 cm³/mol. The van der Waals surface area contributed by atoms with Gasteiger partial charge in [0.1, 0.15) is 0 Å². The first-order valence-electron chi connectivity index (χ1n) is 11.8. The van der Waals surface area contributed by atoms with E-state index in [1.807, 2.05) is 36.4 Å². The molecule has 8 nitrogen and oxygen atoms in total. The molecule has 0 N–H and O–H groups in total. The molecule has 2 aromatic carbocycles. The summed E-state index contributed by atoms with van der Waals surface area (Å²) in [6.07, 6.45) is 2.26. The molecule has 2 saturated heterocycles. The maximum absolute atomic E-state index is 12.1. The van der Waals surface area contributed by atoms with Crippen LogP contribution in [0.15, 0.2) is 72.8 Å². The van der Waals surface area contributed by atoms with Crippen LogP contribution in [0.25, 0.3) is 0 Å². The SMILES string of the molecule is O=C(/C=C/C(=O)ON1CCN(Cc2ccccc2)CC1)ON1CCN(Cc2ccccc2)CC1. The molecule has 34 heavy (non-hydrogen) atoms. The molecule has 2 aromatic rings. The zero-order valence-corrected chi connectivity index (χ0v) is 19.4. The van der Waals surface area contributed by atoms with Gasteiger partial charge >= 0.3 is 11.9 Å². The van der Waals surface area contributed by atoms with E-state index < -0.39 is 11.9 Å². The van der Waals surface area contributed by atoms with Crippen molar-refractivity contribution >= 4 is 11.9 Å². The zero-order valence-electron chi connectivity index (χ0n) is 19.4. The molecule has 2 fully saturated rings. The van der Waals surface area contributed by atoms with Crippen LogP contribution >= 0.6 is 0 Å². The van der Waals surface area contributed by atoms with Crippen molar-refractivity contribution in [3.8, 4) is 0 Å². The lowest BCUT2D eigenvalue weighted by molar-refractivity contribution is -0.194. The highest BCUT2D eigenvalue weighted by atomic mass is 16.7. The molecule has 0 aromatic heterocycles. The second kappa shape index (κ2) is 12.4. The average Bonchev–Trinajstić information content (AvgIpc) is 2.86. The smallest absolute Gasteiger partial charge is 0.349 e. The van der Waals surface area contributed by atoms with Gasteiger partial charge in [-0.3, -0.25) is 9.80 Å². The van der Waals surface area contributed by atoms with Crippen molar-refractivity contribution < 1.29 is 19.3 Å². The van der Waals surface area contributed by atoms with E-state index in [2.05, 4.69) is 34.1 Å². The second-order valence-electron chi connectivity index (χ2n) is 8.54. The molecule has 8 heteroatoms. The van der Waals surface area contributed by atoms with Crippen LogP contribution < -0.4 is 0 Å². The summed E-state index contributed by atoms with van der Waals surface area (Å²) in [7, 11) is 0. The molecule has 0 bridgehead atoms. The minimum Gasteiger partial charge on any atom is -0.364 e. The van der Waals surface area contributed by atoms with Gasteiger partial charge in [-0.15, -0.1) is 10.1 Å². The van der Waals surface area contributed by atoms with E-state index in [4.69, 9.17) is 9.68 Å². The lowest BCUT2D eigenvalue weighted by atomic mass is 10.2. The third kappa shape index (κ3) is 7.78. The average molecular weight is 465 g/mol. The Labute approximate surface area is 200 Å². The number of hydroxylamine groups is 4. The van der Waals surface area contributed by atoms with Crippen molar-refractivity contribution in [2.24, 2.45) is 0 Å². The number of nitrogens with zero attached hydrogens (tertiary/aromatic N) is 4. The van der Waals surface area contributed by atoms with Gasteiger partial charge < -0.3 is 9.68 Å². The van der Waals surface area contributed by atoms with E-state index in [9.17, 15) is 9.59 Å². The van der Waals surface area contributed by atoms with Crippen molar-refractivity contribution in [1.82, 2.24) is 19.9 Å². The topological polar surface area (TPSA) is 65.6 Å². The minimum absolute atomic E-state index is 0.568. The molecule has 0 spiro atoms. The summed E-state index contributed by atoms with van der Waals surface area (Å²) in [5.41, 5.74) is 2.54. The molecule has 2 aliphatic rings. The third-order valence-corrected chi connectivity index (χ3v) is 5.95. The van der Waals surface area contributed by atoms with Crippen molar-refractivity contribution in [1.29, 1.82) is 0 Å². The number of benzene rings is 2. The van der Waals surface area contributed by atoms with Crippen molar-refractivity contribution in [2.45, 2.75) is 13.1 Å². The van der Waals surface area contributed by atoms with E-state index in [0.717, 1.165) is 51.4 Å². The molecular formula is C26H32N4O4. The van der Waals surface area contributed by atoms with Crippen LogP contribution in [0.2, 0.25) is 0 Å².